The molecule has 2 N–H and O–H groups in total. The lowest BCUT2D eigenvalue weighted by Gasteiger charge is -2.31. The van der Waals surface area contributed by atoms with Crippen molar-refractivity contribution in [3.63, 3.8) is 0 Å². The Labute approximate surface area is 116 Å². The molecule has 2 aromatic rings. The van der Waals surface area contributed by atoms with E-state index in [9.17, 15) is 0 Å². The van der Waals surface area contributed by atoms with Crippen LogP contribution in [-0.2, 0) is 11.3 Å². The van der Waals surface area contributed by atoms with E-state index in [1.54, 1.807) is 17.5 Å². The van der Waals surface area contributed by atoms with Crippen molar-refractivity contribution in [1.29, 1.82) is 0 Å². The van der Waals surface area contributed by atoms with Crippen LogP contribution in [0, 0.1) is 0 Å². The minimum Gasteiger partial charge on any atom is -0.384 e. The lowest BCUT2D eigenvalue weighted by Crippen LogP contribution is -2.37. The van der Waals surface area contributed by atoms with E-state index in [1.807, 2.05) is 23.7 Å². The van der Waals surface area contributed by atoms with Gasteiger partial charge in [0.1, 0.15) is 16.9 Å². The summed E-state index contributed by atoms with van der Waals surface area (Å²) in [6, 6.07) is 3.93. The van der Waals surface area contributed by atoms with E-state index in [1.165, 1.54) is 5.56 Å². The van der Waals surface area contributed by atoms with E-state index in [0.29, 0.717) is 5.82 Å². The molecule has 0 radical (unpaired) electrons. The number of rotatable bonds is 3. The van der Waals surface area contributed by atoms with Crippen molar-refractivity contribution in [3.8, 4) is 0 Å². The summed E-state index contributed by atoms with van der Waals surface area (Å²) in [7, 11) is 0. The molecule has 1 fully saturated rings. The van der Waals surface area contributed by atoms with Crippen molar-refractivity contribution in [3.05, 3.63) is 40.5 Å². The van der Waals surface area contributed by atoms with Crippen molar-refractivity contribution in [2.24, 2.45) is 0 Å². The van der Waals surface area contributed by atoms with Gasteiger partial charge < -0.3 is 10.5 Å². The van der Waals surface area contributed by atoms with Crippen LogP contribution in [0.4, 0.5) is 5.82 Å². The molecule has 0 amide bonds. The zero-order chi connectivity index (χ0) is 13.1. The first-order chi connectivity index (χ1) is 9.31. The van der Waals surface area contributed by atoms with E-state index in [2.05, 4.69) is 14.9 Å². The SMILES string of the molecule is Nc1cc(CN2CCO[C@@H](c3nccs3)C2)ccn1. The second kappa shape index (κ2) is 5.64. The largest absolute Gasteiger partial charge is 0.384 e. The number of hydrogen-bond donors (Lipinski definition) is 1. The van der Waals surface area contributed by atoms with Crippen LogP contribution < -0.4 is 5.73 Å². The van der Waals surface area contributed by atoms with Crippen molar-refractivity contribution >= 4 is 17.2 Å². The summed E-state index contributed by atoms with van der Waals surface area (Å²) in [6.07, 6.45) is 3.67. The molecule has 0 bridgehead atoms. The third-order valence-electron chi connectivity index (χ3n) is 3.13. The van der Waals surface area contributed by atoms with Crippen LogP contribution in [0.5, 0.6) is 0 Å². The van der Waals surface area contributed by atoms with Gasteiger partial charge in [-0.2, -0.15) is 0 Å². The summed E-state index contributed by atoms with van der Waals surface area (Å²) in [4.78, 5) is 10.7. The van der Waals surface area contributed by atoms with Crippen LogP contribution in [0.3, 0.4) is 0 Å². The molecule has 100 valence electrons. The van der Waals surface area contributed by atoms with Crippen LogP contribution in [-0.4, -0.2) is 34.6 Å². The number of pyridine rings is 1. The van der Waals surface area contributed by atoms with Crippen molar-refractivity contribution in [2.45, 2.75) is 12.6 Å². The smallest absolute Gasteiger partial charge is 0.123 e. The maximum Gasteiger partial charge on any atom is 0.123 e. The Bertz CT molecular complexity index is 531. The molecule has 1 aliphatic rings. The molecule has 6 heteroatoms. The molecule has 1 aliphatic heterocycles. The maximum absolute atomic E-state index is 5.78. The van der Waals surface area contributed by atoms with Gasteiger partial charge in [0.25, 0.3) is 0 Å². The molecule has 3 heterocycles. The maximum atomic E-state index is 5.78. The van der Waals surface area contributed by atoms with Gasteiger partial charge in [-0.15, -0.1) is 11.3 Å². The van der Waals surface area contributed by atoms with Gasteiger partial charge in [-0.05, 0) is 17.7 Å². The number of nitrogens with zero attached hydrogens (tertiary/aromatic N) is 3. The lowest BCUT2D eigenvalue weighted by atomic mass is 10.2. The Morgan fingerprint density at radius 2 is 2.37 bits per heavy atom. The summed E-state index contributed by atoms with van der Waals surface area (Å²) in [5, 5.41) is 3.04. The molecule has 2 aromatic heterocycles. The first kappa shape index (κ1) is 12.5. The van der Waals surface area contributed by atoms with Gasteiger partial charge in [0.05, 0.1) is 6.61 Å². The molecule has 3 rings (SSSR count). The fraction of sp³-hybridized carbons (Fsp3) is 0.385. The predicted octanol–water partition coefficient (Wildman–Crippen LogP) is 1.69. The molecule has 1 atom stereocenters. The van der Waals surface area contributed by atoms with Crippen LogP contribution in [0.15, 0.2) is 29.9 Å². The third kappa shape index (κ3) is 3.09. The van der Waals surface area contributed by atoms with Gasteiger partial charge >= 0.3 is 0 Å². The highest BCUT2D eigenvalue weighted by molar-refractivity contribution is 7.09. The molecule has 0 spiro atoms. The molecular formula is C13H16N4OS. The minimum absolute atomic E-state index is 0.0907. The predicted molar refractivity (Wildman–Crippen MR) is 74.7 cm³/mol. The Kier molecular flexibility index (Phi) is 3.72. The summed E-state index contributed by atoms with van der Waals surface area (Å²) >= 11 is 1.65. The number of nitrogen functional groups attached to an aromatic ring is 1. The van der Waals surface area contributed by atoms with E-state index in [-0.39, 0.29) is 6.10 Å². The van der Waals surface area contributed by atoms with E-state index >= 15 is 0 Å². The molecular weight excluding hydrogens is 260 g/mol. The Morgan fingerprint density at radius 3 is 3.16 bits per heavy atom. The van der Waals surface area contributed by atoms with Crippen LogP contribution in [0.25, 0.3) is 0 Å². The Balaban J connectivity index is 1.65. The van der Waals surface area contributed by atoms with Gasteiger partial charge in [-0.3, -0.25) is 4.90 Å². The third-order valence-corrected chi connectivity index (χ3v) is 4.00. The fourth-order valence-electron chi connectivity index (χ4n) is 2.24. The topological polar surface area (TPSA) is 64.3 Å². The molecule has 0 saturated carbocycles. The van der Waals surface area contributed by atoms with Crippen molar-refractivity contribution in [1.82, 2.24) is 14.9 Å². The fourth-order valence-corrected chi connectivity index (χ4v) is 2.92. The molecule has 0 unspecified atom stereocenters. The monoisotopic (exact) mass is 276 g/mol. The summed E-state index contributed by atoms with van der Waals surface area (Å²) in [6.45, 7) is 3.42. The first-order valence-corrected chi connectivity index (χ1v) is 7.13. The number of thiazole rings is 1. The number of hydrogen-bond acceptors (Lipinski definition) is 6. The van der Waals surface area contributed by atoms with Gasteiger partial charge in [0, 0.05) is 37.4 Å². The van der Waals surface area contributed by atoms with Crippen molar-refractivity contribution in [2.75, 3.05) is 25.4 Å². The zero-order valence-corrected chi connectivity index (χ0v) is 11.3. The van der Waals surface area contributed by atoms with Crippen LogP contribution in [0.1, 0.15) is 16.7 Å². The van der Waals surface area contributed by atoms with Crippen molar-refractivity contribution < 1.29 is 4.74 Å². The quantitative estimate of drug-likeness (QED) is 0.924. The molecule has 5 nitrogen and oxygen atoms in total. The van der Waals surface area contributed by atoms with Gasteiger partial charge in [-0.25, -0.2) is 9.97 Å². The second-order valence-electron chi connectivity index (χ2n) is 4.55. The number of ether oxygens (including phenoxy) is 1. The number of morpholine rings is 1. The van der Waals surface area contributed by atoms with Crippen LogP contribution >= 0.6 is 11.3 Å². The second-order valence-corrected chi connectivity index (χ2v) is 5.48. The van der Waals surface area contributed by atoms with Crippen LogP contribution in [0.2, 0.25) is 0 Å². The highest BCUT2D eigenvalue weighted by Gasteiger charge is 2.23. The summed E-state index contributed by atoms with van der Waals surface area (Å²) in [5.74, 6) is 0.572. The lowest BCUT2D eigenvalue weighted by molar-refractivity contribution is -0.0330. The first-order valence-electron chi connectivity index (χ1n) is 6.25. The average Bonchev–Trinajstić information content (AvgIpc) is 2.93. The van der Waals surface area contributed by atoms with Gasteiger partial charge in [0.15, 0.2) is 0 Å². The summed E-state index contributed by atoms with van der Waals surface area (Å²) < 4.78 is 5.78. The minimum atomic E-state index is 0.0907. The zero-order valence-electron chi connectivity index (χ0n) is 10.5. The number of anilines is 1. The Morgan fingerprint density at radius 1 is 1.42 bits per heavy atom. The molecule has 1 saturated heterocycles. The number of nitrogens with two attached hydrogens (primary N) is 1. The molecule has 19 heavy (non-hydrogen) atoms. The van der Waals surface area contributed by atoms with E-state index in [4.69, 9.17) is 10.5 Å². The summed E-state index contributed by atoms with van der Waals surface area (Å²) in [5.41, 5.74) is 6.89. The highest BCUT2D eigenvalue weighted by atomic mass is 32.1. The average molecular weight is 276 g/mol. The van der Waals surface area contributed by atoms with E-state index < -0.39 is 0 Å². The van der Waals surface area contributed by atoms with Gasteiger partial charge in [0.2, 0.25) is 0 Å². The standard InChI is InChI=1S/C13H16N4OS/c14-12-7-10(1-2-15-12)8-17-4-5-18-11(9-17)13-16-3-6-19-13/h1-3,6-7,11H,4-5,8-9H2,(H2,14,15)/t11-/m1/s1. The van der Waals surface area contributed by atoms with Gasteiger partial charge in [-0.1, -0.05) is 0 Å². The Hall–Kier alpha value is -1.50. The number of aromatic nitrogens is 2. The normalized spacial score (nSPS) is 20.5. The molecule has 0 aliphatic carbocycles. The van der Waals surface area contributed by atoms with E-state index in [0.717, 1.165) is 31.2 Å². The highest BCUT2D eigenvalue weighted by Crippen LogP contribution is 2.24. The molecule has 0 aromatic carbocycles.